The molecule has 0 radical (unpaired) electrons. The summed E-state index contributed by atoms with van der Waals surface area (Å²) in [4.78, 5) is 12.3. The molecule has 0 bridgehead atoms. The molecular formula is C14H10N2O. The number of hydrogen-bond donors (Lipinski definition) is 0. The fourth-order valence-electron chi connectivity index (χ4n) is 2.62. The molecule has 3 heteroatoms. The summed E-state index contributed by atoms with van der Waals surface area (Å²) in [5, 5.41) is 0.794. The van der Waals surface area contributed by atoms with E-state index in [1.165, 1.54) is 5.56 Å². The van der Waals surface area contributed by atoms with Gasteiger partial charge in [0, 0.05) is 0 Å². The third-order valence-electron chi connectivity index (χ3n) is 3.39. The predicted octanol–water partition coefficient (Wildman–Crippen LogP) is 2.15. The van der Waals surface area contributed by atoms with E-state index in [0.717, 1.165) is 23.1 Å². The lowest BCUT2D eigenvalue weighted by Gasteiger charge is -1.99. The molecule has 4 rings (SSSR count). The summed E-state index contributed by atoms with van der Waals surface area (Å²) < 4.78 is 3.82. The van der Waals surface area contributed by atoms with Crippen molar-refractivity contribution < 1.29 is 0 Å². The third kappa shape index (κ3) is 0.984. The van der Waals surface area contributed by atoms with Crippen molar-refractivity contribution in [2.75, 3.05) is 0 Å². The number of rotatable bonds is 0. The Bertz CT molecular complexity index is 795. The van der Waals surface area contributed by atoms with E-state index >= 15 is 0 Å². The van der Waals surface area contributed by atoms with Gasteiger partial charge in [0.05, 0.1) is 23.1 Å². The van der Waals surface area contributed by atoms with Crippen LogP contribution in [0, 0.1) is 0 Å². The summed E-state index contributed by atoms with van der Waals surface area (Å²) in [6.45, 7) is 0.777. The number of hydrogen-bond acceptors (Lipinski definition) is 1. The molecule has 3 nitrogen and oxygen atoms in total. The summed E-state index contributed by atoms with van der Waals surface area (Å²) in [5.74, 6) is 0. The lowest BCUT2D eigenvalue weighted by Crippen LogP contribution is -2.15. The van der Waals surface area contributed by atoms with Gasteiger partial charge in [0.2, 0.25) is 0 Å². The molecule has 0 saturated carbocycles. The molecule has 0 unspecified atom stereocenters. The monoisotopic (exact) mass is 222 g/mol. The van der Waals surface area contributed by atoms with Crippen molar-refractivity contribution in [3.63, 3.8) is 0 Å². The lowest BCUT2D eigenvalue weighted by atomic mass is 10.2. The maximum atomic E-state index is 12.3. The summed E-state index contributed by atoms with van der Waals surface area (Å²) in [5.41, 5.74) is 3.29. The van der Waals surface area contributed by atoms with Crippen molar-refractivity contribution in [3.8, 4) is 5.69 Å². The zero-order valence-electron chi connectivity index (χ0n) is 9.13. The van der Waals surface area contributed by atoms with Crippen LogP contribution in [0.5, 0.6) is 0 Å². The molecule has 1 aromatic heterocycles. The predicted molar refractivity (Wildman–Crippen MR) is 66.6 cm³/mol. The molecule has 2 heterocycles. The van der Waals surface area contributed by atoms with E-state index < -0.39 is 0 Å². The van der Waals surface area contributed by atoms with Crippen LogP contribution in [-0.4, -0.2) is 9.36 Å². The maximum absolute atomic E-state index is 12.3. The maximum Gasteiger partial charge on any atom is 0.279 e. The molecule has 1 aliphatic heterocycles. The first-order chi connectivity index (χ1) is 8.36. The Labute approximate surface area is 97.5 Å². The van der Waals surface area contributed by atoms with Crippen molar-refractivity contribution in [3.05, 3.63) is 64.4 Å². The van der Waals surface area contributed by atoms with Gasteiger partial charge in [-0.1, -0.05) is 30.3 Å². The molecule has 82 valence electrons. The minimum absolute atomic E-state index is 0.0746. The topological polar surface area (TPSA) is 26.9 Å². The van der Waals surface area contributed by atoms with E-state index in [2.05, 4.69) is 6.07 Å². The highest BCUT2D eigenvalue weighted by Crippen LogP contribution is 2.25. The molecule has 0 atom stereocenters. The Kier molecular flexibility index (Phi) is 1.50. The first-order valence-corrected chi connectivity index (χ1v) is 5.65. The van der Waals surface area contributed by atoms with Gasteiger partial charge >= 0.3 is 0 Å². The molecular weight excluding hydrogens is 212 g/mol. The first-order valence-electron chi connectivity index (χ1n) is 5.65. The average Bonchev–Trinajstić information content (AvgIpc) is 2.88. The quantitative estimate of drug-likeness (QED) is 0.448. The molecule has 0 saturated heterocycles. The van der Waals surface area contributed by atoms with Crippen molar-refractivity contribution in [1.29, 1.82) is 0 Å². The standard InChI is InChI=1S/C14H10N2O/c17-14-11-6-2-4-8-13(11)15-9-10-5-1-3-7-12(10)16(14)15/h1-8H,9H2. The fraction of sp³-hybridized carbons (Fsp3) is 0.0714. The molecule has 0 aliphatic carbocycles. The molecule has 0 spiro atoms. The van der Waals surface area contributed by atoms with E-state index in [-0.39, 0.29) is 5.56 Å². The molecule has 0 fully saturated rings. The van der Waals surface area contributed by atoms with Gasteiger partial charge in [0.25, 0.3) is 5.56 Å². The van der Waals surface area contributed by atoms with Crippen LogP contribution in [0.2, 0.25) is 0 Å². The van der Waals surface area contributed by atoms with Crippen molar-refractivity contribution in [2.24, 2.45) is 0 Å². The van der Waals surface area contributed by atoms with Gasteiger partial charge in [-0.15, -0.1) is 0 Å². The van der Waals surface area contributed by atoms with Crippen molar-refractivity contribution in [1.82, 2.24) is 9.36 Å². The van der Waals surface area contributed by atoms with Crippen LogP contribution >= 0.6 is 0 Å². The molecule has 0 amide bonds. The van der Waals surface area contributed by atoms with Crippen LogP contribution in [0.15, 0.2) is 53.3 Å². The molecule has 3 aromatic rings. The summed E-state index contributed by atoms with van der Waals surface area (Å²) in [6, 6.07) is 15.8. The molecule has 17 heavy (non-hydrogen) atoms. The summed E-state index contributed by atoms with van der Waals surface area (Å²) in [7, 11) is 0. The van der Waals surface area contributed by atoms with Gasteiger partial charge in [0.15, 0.2) is 0 Å². The highest BCUT2D eigenvalue weighted by molar-refractivity contribution is 5.80. The van der Waals surface area contributed by atoms with Gasteiger partial charge in [-0.25, -0.2) is 4.68 Å². The average molecular weight is 222 g/mol. The van der Waals surface area contributed by atoms with Crippen LogP contribution in [0.25, 0.3) is 16.6 Å². The number of benzene rings is 2. The van der Waals surface area contributed by atoms with E-state index in [0.29, 0.717) is 0 Å². The van der Waals surface area contributed by atoms with Crippen molar-refractivity contribution >= 4 is 10.9 Å². The summed E-state index contributed by atoms with van der Waals surface area (Å²) in [6.07, 6.45) is 0. The summed E-state index contributed by atoms with van der Waals surface area (Å²) >= 11 is 0. The Morgan fingerprint density at radius 2 is 1.71 bits per heavy atom. The van der Waals surface area contributed by atoms with Crippen LogP contribution in [0.3, 0.4) is 0 Å². The van der Waals surface area contributed by atoms with Gasteiger partial charge in [-0.3, -0.25) is 9.48 Å². The van der Waals surface area contributed by atoms with Crippen LogP contribution in [-0.2, 0) is 6.54 Å². The van der Waals surface area contributed by atoms with E-state index in [9.17, 15) is 4.79 Å². The number of nitrogens with zero attached hydrogens (tertiary/aromatic N) is 2. The number of aromatic nitrogens is 2. The SMILES string of the molecule is O=c1c2ccccc2n2n1-c1ccccc1C2. The van der Waals surface area contributed by atoms with Gasteiger partial charge in [-0.2, -0.15) is 0 Å². The van der Waals surface area contributed by atoms with E-state index in [4.69, 9.17) is 0 Å². The highest BCUT2D eigenvalue weighted by Gasteiger charge is 2.22. The zero-order valence-corrected chi connectivity index (χ0v) is 9.13. The van der Waals surface area contributed by atoms with E-state index in [1.54, 1.807) is 4.68 Å². The second kappa shape index (κ2) is 2.88. The number of fused-ring (bicyclic) bond motifs is 5. The normalized spacial score (nSPS) is 12.7. The second-order valence-corrected chi connectivity index (χ2v) is 4.32. The second-order valence-electron chi connectivity index (χ2n) is 4.32. The van der Waals surface area contributed by atoms with Gasteiger partial charge < -0.3 is 0 Å². The minimum atomic E-state index is 0.0746. The van der Waals surface area contributed by atoms with Crippen LogP contribution < -0.4 is 5.56 Å². The van der Waals surface area contributed by atoms with Crippen LogP contribution in [0.4, 0.5) is 0 Å². The third-order valence-corrected chi connectivity index (χ3v) is 3.39. The fourth-order valence-corrected chi connectivity index (χ4v) is 2.62. The molecule has 2 aromatic carbocycles. The smallest absolute Gasteiger partial charge is 0.273 e. The van der Waals surface area contributed by atoms with E-state index in [1.807, 2.05) is 47.1 Å². The number of para-hydroxylation sites is 2. The highest BCUT2D eigenvalue weighted by atomic mass is 16.1. The minimum Gasteiger partial charge on any atom is -0.273 e. The van der Waals surface area contributed by atoms with Gasteiger partial charge in [0.1, 0.15) is 0 Å². The Balaban J connectivity index is 2.21. The first kappa shape index (κ1) is 8.82. The van der Waals surface area contributed by atoms with Crippen molar-refractivity contribution in [2.45, 2.75) is 6.54 Å². The largest absolute Gasteiger partial charge is 0.279 e. The molecule has 0 N–H and O–H groups in total. The lowest BCUT2D eigenvalue weighted by molar-refractivity contribution is 0.667. The Hall–Kier alpha value is -2.29. The van der Waals surface area contributed by atoms with Gasteiger partial charge in [-0.05, 0) is 23.8 Å². The zero-order chi connectivity index (χ0) is 11.4. The Morgan fingerprint density at radius 3 is 2.65 bits per heavy atom. The molecule has 1 aliphatic rings. The Morgan fingerprint density at radius 1 is 0.941 bits per heavy atom. The van der Waals surface area contributed by atoms with Crippen LogP contribution in [0.1, 0.15) is 5.56 Å².